The fourth-order valence-electron chi connectivity index (χ4n) is 3.31. The molecule has 1 N–H and O–H groups in total. The zero-order valence-electron chi connectivity index (χ0n) is 10.8. The minimum absolute atomic E-state index is 0.123. The summed E-state index contributed by atoms with van der Waals surface area (Å²) in [4.78, 5) is 15.3. The number of benzene rings is 1. The number of rotatable bonds is 1. The summed E-state index contributed by atoms with van der Waals surface area (Å²) in [5.41, 5.74) is 3.30. The van der Waals surface area contributed by atoms with Crippen LogP contribution in [0.25, 0.3) is 10.9 Å². The highest BCUT2D eigenvalue weighted by molar-refractivity contribution is 5.82. The summed E-state index contributed by atoms with van der Waals surface area (Å²) in [5, 5.41) is 1.19. The molecule has 0 spiro atoms. The van der Waals surface area contributed by atoms with Gasteiger partial charge < -0.3 is 4.98 Å². The third kappa shape index (κ3) is 1.86. The van der Waals surface area contributed by atoms with E-state index in [0.717, 1.165) is 11.1 Å². The molecule has 18 heavy (non-hydrogen) atoms. The summed E-state index contributed by atoms with van der Waals surface area (Å²) in [6, 6.07) is 8.09. The van der Waals surface area contributed by atoms with Crippen LogP contribution in [0.3, 0.4) is 0 Å². The van der Waals surface area contributed by atoms with Gasteiger partial charge in [-0.05, 0) is 37.3 Å². The van der Waals surface area contributed by atoms with Crippen molar-refractivity contribution in [2.45, 2.75) is 44.9 Å². The molecule has 0 unspecified atom stereocenters. The van der Waals surface area contributed by atoms with Crippen molar-refractivity contribution in [3.8, 4) is 0 Å². The van der Waals surface area contributed by atoms with Gasteiger partial charge in [-0.25, -0.2) is 0 Å². The van der Waals surface area contributed by atoms with E-state index in [9.17, 15) is 4.79 Å². The quantitative estimate of drug-likeness (QED) is 0.807. The Bertz CT molecular complexity index is 621. The van der Waals surface area contributed by atoms with Gasteiger partial charge in [-0.1, -0.05) is 37.5 Å². The Morgan fingerprint density at radius 2 is 1.83 bits per heavy atom. The summed E-state index contributed by atoms with van der Waals surface area (Å²) >= 11 is 0. The number of fused-ring (bicyclic) bond motifs is 1. The first-order valence-corrected chi connectivity index (χ1v) is 6.89. The van der Waals surface area contributed by atoms with Gasteiger partial charge in [-0.3, -0.25) is 4.79 Å². The average Bonchev–Trinajstić information content (AvgIpc) is 2.40. The first kappa shape index (κ1) is 11.5. The Labute approximate surface area is 107 Å². The van der Waals surface area contributed by atoms with Crippen LogP contribution < -0.4 is 5.56 Å². The first-order chi connectivity index (χ1) is 8.77. The van der Waals surface area contributed by atoms with Crippen molar-refractivity contribution in [3.05, 3.63) is 45.7 Å². The Morgan fingerprint density at radius 1 is 1.11 bits per heavy atom. The Balaban J connectivity index is 2.19. The summed E-state index contributed by atoms with van der Waals surface area (Å²) in [7, 11) is 0. The lowest BCUT2D eigenvalue weighted by molar-refractivity contribution is 0.440. The summed E-state index contributed by atoms with van der Waals surface area (Å²) in [6.07, 6.45) is 6.18. The molecule has 0 saturated heterocycles. The number of hydrogen-bond acceptors (Lipinski definition) is 1. The van der Waals surface area contributed by atoms with Gasteiger partial charge in [-0.2, -0.15) is 0 Å². The largest absolute Gasteiger partial charge is 0.322 e. The average molecular weight is 241 g/mol. The molecule has 0 radical (unpaired) electrons. The maximum absolute atomic E-state index is 12.3. The molecule has 3 rings (SSSR count). The molecule has 1 saturated carbocycles. The van der Waals surface area contributed by atoms with Gasteiger partial charge >= 0.3 is 0 Å². The van der Waals surface area contributed by atoms with Crippen molar-refractivity contribution in [1.82, 2.24) is 4.98 Å². The third-order valence-corrected chi connectivity index (χ3v) is 4.24. The van der Waals surface area contributed by atoms with Crippen molar-refractivity contribution in [1.29, 1.82) is 0 Å². The molecule has 1 heterocycles. The second kappa shape index (κ2) is 4.60. The van der Waals surface area contributed by atoms with Crippen LogP contribution in [0.4, 0.5) is 0 Å². The molecule has 2 nitrogen and oxygen atoms in total. The van der Waals surface area contributed by atoms with E-state index in [0.29, 0.717) is 5.92 Å². The van der Waals surface area contributed by atoms with E-state index >= 15 is 0 Å². The molecule has 1 aromatic heterocycles. The van der Waals surface area contributed by atoms with E-state index in [1.807, 2.05) is 18.2 Å². The first-order valence-electron chi connectivity index (χ1n) is 6.89. The van der Waals surface area contributed by atoms with E-state index in [-0.39, 0.29) is 5.56 Å². The normalized spacial score (nSPS) is 17.2. The van der Waals surface area contributed by atoms with Crippen LogP contribution in [0.2, 0.25) is 0 Å². The molecular weight excluding hydrogens is 222 g/mol. The number of aryl methyl sites for hydroxylation is 1. The Hall–Kier alpha value is -1.57. The van der Waals surface area contributed by atoms with Gasteiger partial charge in [-0.15, -0.1) is 0 Å². The van der Waals surface area contributed by atoms with E-state index in [2.05, 4.69) is 18.0 Å². The molecule has 1 aromatic carbocycles. The minimum atomic E-state index is 0.123. The van der Waals surface area contributed by atoms with Crippen molar-refractivity contribution in [2.75, 3.05) is 0 Å². The molecule has 0 aliphatic heterocycles. The molecular formula is C16H19NO. The Morgan fingerprint density at radius 3 is 2.61 bits per heavy atom. The second-order valence-corrected chi connectivity index (χ2v) is 5.37. The Kier molecular flexibility index (Phi) is 2.94. The van der Waals surface area contributed by atoms with Crippen LogP contribution in [-0.2, 0) is 0 Å². The van der Waals surface area contributed by atoms with Gasteiger partial charge in [0.15, 0.2) is 0 Å². The topological polar surface area (TPSA) is 32.9 Å². The standard InChI is InChI=1S/C16H19NO/c1-11-13-9-5-6-10-14(13)17-16(18)15(11)12-7-3-2-4-8-12/h5-6,9-10,12H,2-4,7-8H2,1H3,(H,17,18). The van der Waals surface area contributed by atoms with E-state index < -0.39 is 0 Å². The number of aromatic nitrogens is 1. The van der Waals surface area contributed by atoms with Gasteiger partial charge in [0.25, 0.3) is 5.56 Å². The number of H-pyrrole nitrogens is 1. The van der Waals surface area contributed by atoms with Crippen molar-refractivity contribution >= 4 is 10.9 Å². The summed E-state index contributed by atoms with van der Waals surface area (Å²) < 4.78 is 0. The lowest BCUT2D eigenvalue weighted by atomic mass is 9.82. The monoisotopic (exact) mass is 241 g/mol. The highest BCUT2D eigenvalue weighted by Gasteiger charge is 2.21. The molecule has 0 atom stereocenters. The fraction of sp³-hybridized carbons (Fsp3) is 0.438. The van der Waals surface area contributed by atoms with Crippen molar-refractivity contribution in [3.63, 3.8) is 0 Å². The SMILES string of the molecule is Cc1c(C2CCCCC2)c(=O)[nH]c2ccccc12. The van der Waals surface area contributed by atoms with Gasteiger partial charge in [0.2, 0.25) is 0 Å². The number of para-hydroxylation sites is 1. The molecule has 0 bridgehead atoms. The fourth-order valence-corrected chi connectivity index (χ4v) is 3.31. The predicted molar refractivity (Wildman–Crippen MR) is 75.1 cm³/mol. The zero-order chi connectivity index (χ0) is 12.5. The van der Waals surface area contributed by atoms with Crippen molar-refractivity contribution < 1.29 is 0 Å². The minimum Gasteiger partial charge on any atom is -0.322 e. The van der Waals surface area contributed by atoms with Crippen LogP contribution in [0.1, 0.15) is 49.1 Å². The number of aromatic amines is 1. The highest BCUT2D eigenvalue weighted by atomic mass is 16.1. The van der Waals surface area contributed by atoms with E-state index in [1.165, 1.54) is 43.1 Å². The molecule has 1 aliphatic carbocycles. The summed E-state index contributed by atoms with van der Waals surface area (Å²) in [6.45, 7) is 2.10. The molecule has 2 aromatic rings. The van der Waals surface area contributed by atoms with Crippen LogP contribution >= 0.6 is 0 Å². The van der Waals surface area contributed by atoms with E-state index in [1.54, 1.807) is 0 Å². The van der Waals surface area contributed by atoms with E-state index in [4.69, 9.17) is 0 Å². The highest BCUT2D eigenvalue weighted by Crippen LogP contribution is 2.33. The van der Waals surface area contributed by atoms with Gasteiger partial charge in [0.1, 0.15) is 0 Å². The molecule has 2 heteroatoms. The van der Waals surface area contributed by atoms with Gasteiger partial charge in [0.05, 0.1) is 0 Å². The van der Waals surface area contributed by atoms with Crippen LogP contribution in [0.15, 0.2) is 29.1 Å². The molecule has 0 amide bonds. The number of pyridine rings is 1. The second-order valence-electron chi connectivity index (χ2n) is 5.37. The van der Waals surface area contributed by atoms with Crippen molar-refractivity contribution in [2.24, 2.45) is 0 Å². The zero-order valence-corrected chi connectivity index (χ0v) is 10.8. The molecule has 1 aliphatic rings. The van der Waals surface area contributed by atoms with Crippen LogP contribution in [0, 0.1) is 6.92 Å². The lowest BCUT2D eigenvalue weighted by Gasteiger charge is -2.23. The molecule has 94 valence electrons. The predicted octanol–water partition coefficient (Wildman–Crippen LogP) is 3.88. The van der Waals surface area contributed by atoms with Crippen LogP contribution in [-0.4, -0.2) is 4.98 Å². The maximum Gasteiger partial charge on any atom is 0.252 e. The maximum atomic E-state index is 12.3. The molecule has 1 fully saturated rings. The van der Waals surface area contributed by atoms with Crippen LogP contribution in [0.5, 0.6) is 0 Å². The smallest absolute Gasteiger partial charge is 0.252 e. The van der Waals surface area contributed by atoms with Gasteiger partial charge in [0, 0.05) is 16.5 Å². The number of nitrogens with one attached hydrogen (secondary N) is 1. The summed E-state index contributed by atoms with van der Waals surface area (Å²) in [5.74, 6) is 0.465. The number of hydrogen-bond donors (Lipinski definition) is 1. The third-order valence-electron chi connectivity index (χ3n) is 4.24. The lowest BCUT2D eigenvalue weighted by Crippen LogP contribution is -2.20.